The van der Waals surface area contributed by atoms with E-state index in [2.05, 4.69) is 25.8 Å². The summed E-state index contributed by atoms with van der Waals surface area (Å²) in [6, 6.07) is 14.7. The summed E-state index contributed by atoms with van der Waals surface area (Å²) in [5, 5.41) is 0.666. The fourth-order valence-corrected chi connectivity index (χ4v) is 2.77. The molecule has 0 bridgehead atoms. The topological polar surface area (TPSA) is 53.4 Å². The van der Waals surface area contributed by atoms with Gasteiger partial charge in [-0.15, -0.1) is 0 Å². The van der Waals surface area contributed by atoms with Gasteiger partial charge in [-0.2, -0.15) is 4.98 Å². The van der Waals surface area contributed by atoms with E-state index in [0.29, 0.717) is 18.2 Å². The van der Waals surface area contributed by atoms with Gasteiger partial charge in [0.15, 0.2) is 0 Å². The Morgan fingerprint density at radius 3 is 2.38 bits per heavy atom. The van der Waals surface area contributed by atoms with E-state index >= 15 is 0 Å². The van der Waals surface area contributed by atoms with Gasteiger partial charge >= 0.3 is 5.69 Å². The van der Waals surface area contributed by atoms with Crippen LogP contribution in [0, 0.1) is 12.3 Å². The summed E-state index contributed by atoms with van der Waals surface area (Å²) in [6.07, 6.45) is 1.66. The molecule has 1 aromatic heterocycles. The number of ether oxygens (including phenoxy) is 2. The van der Waals surface area contributed by atoms with Crippen molar-refractivity contribution in [2.45, 2.75) is 34.3 Å². The quantitative estimate of drug-likeness (QED) is 0.558. The van der Waals surface area contributed by atoms with Crippen molar-refractivity contribution in [3.05, 3.63) is 81.4 Å². The molecule has 2 aromatic carbocycles. The van der Waals surface area contributed by atoms with Gasteiger partial charge in [0.05, 0.1) is 12.3 Å². The second-order valence-electron chi connectivity index (χ2n) is 8.13. The van der Waals surface area contributed by atoms with Gasteiger partial charge in [-0.25, -0.2) is 4.79 Å². The van der Waals surface area contributed by atoms with Crippen LogP contribution in [0.3, 0.4) is 0 Å². The molecule has 0 aliphatic heterocycles. The second kappa shape index (κ2) is 8.70. The Balaban J connectivity index is 1.72. The molecular weight excluding hydrogens is 388 g/mol. The predicted octanol–water partition coefficient (Wildman–Crippen LogP) is 5.20. The van der Waals surface area contributed by atoms with E-state index in [4.69, 9.17) is 21.1 Å². The van der Waals surface area contributed by atoms with Crippen molar-refractivity contribution in [1.82, 2.24) is 9.55 Å². The van der Waals surface area contributed by atoms with Crippen LogP contribution in [0.1, 0.15) is 31.9 Å². The standard InChI is InChI=1S/C23H25ClN2O3/c1-16-13-19(9-10-20(16)29-15-23(2,3)4)26-12-11-21(25-22(26)27)28-14-17-5-7-18(24)8-6-17/h5-13H,14-15H2,1-4H3. The SMILES string of the molecule is Cc1cc(-n2ccc(OCc3ccc(Cl)cc3)nc2=O)ccc1OCC(C)(C)C. The lowest BCUT2D eigenvalue weighted by Crippen LogP contribution is -2.21. The smallest absolute Gasteiger partial charge is 0.355 e. The minimum absolute atomic E-state index is 0.0772. The fourth-order valence-electron chi connectivity index (χ4n) is 2.64. The molecule has 0 aliphatic carbocycles. The Kier molecular flexibility index (Phi) is 6.28. The molecule has 0 saturated carbocycles. The van der Waals surface area contributed by atoms with Crippen molar-refractivity contribution in [3.8, 4) is 17.3 Å². The summed E-state index contributed by atoms with van der Waals surface area (Å²) in [6.45, 7) is 9.26. The largest absolute Gasteiger partial charge is 0.493 e. The van der Waals surface area contributed by atoms with Gasteiger partial charge < -0.3 is 9.47 Å². The lowest BCUT2D eigenvalue weighted by molar-refractivity contribution is 0.197. The van der Waals surface area contributed by atoms with Crippen molar-refractivity contribution in [2.75, 3.05) is 6.61 Å². The number of rotatable bonds is 6. The molecule has 0 atom stereocenters. The molecule has 0 fully saturated rings. The first kappa shape index (κ1) is 20.9. The van der Waals surface area contributed by atoms with Crippen LogP contribution in [0.2, 0.25) is 5.02 Å². The molecular formula is C23H25ClN2O3. The molecule has 1 heterocycles. The van der Waals surface area contributed by atoms with Gasteiger partial charge in [0, 0.05) is 17.3 Å². The molecule has 0 saturated heterocycles. The van der Waals surface area contributed by atoms with Gasteiger partial charge in [0.2, 0.25) is 5.88 Å². The van der Waals surface area contributed by atoms with E-state index in [1.54, 1.807) is 24.4 Å². The Morgan fingerprint density at radius 1 is 1.03 bits per heavy atom. The van der Waals surface area contributed by atoms with Crippen molar-refractivity contribution in [2.24, 2.45) is 5.41 Å². The van der Waals surface area contributed by atoms with Gasteiger partial charge in [-0.3, -0.25) is 4.57 Å². The molecule has 0 amide bonds. The number of aryl methyl sites for hydroxylation is 1. The van der Waals surface area contributed by atoms with E-state index in [-0.39, 0.29) is 11.3 Å². The molecule has 0 unspecified atom stereocenters. The summed E-state index contributed by atoms with van der Waals surface area (Å²) in [4.78, 5) is 16.5. The van der Waals surface area contributed by atoms with Gasteiger partial charge in [-0.05, 0) is 53.8 Å². The lowest BCUT2D eigenvalue weighted by Gasteiger charge is -2.20. The number of hydrogen-bond donors (Lipinski definition) is 0. The summed E-state index contributed by atoms with van der Waals surface area (Å²) in [7, 11) is 0. The maximum Gasteiger partial charge on any atom is 0.355 e. The first-order valence-electron chi connectivity index (χ1n) is 9.42. The molecule has 0 aliphatic rings. The predicted molar refractivity (Wildman–Crippen MR) is 115 cm³/mol. The summed E-state index contributed by atoms with van der Waals surface area (Å²) in [5.41, 5.74) is 2.31. The third-order valence-electron chi connectivity index (χ3n) is 4.18. The van der Waals surface area contributed by atoms with Crippen molar-refractivity contribution < 1.29 is 9.47 Å². The van der Waals surface area contributed by atoms with Gasteiger partial charge in [0.25, 0.3) is 0 Å². The Labute approximate surface area is 175 Å². The van der Waals surface area contributed by atoms with Gasteiger partial charge in [-0.1, -0.05) is 44.5 Å². The summed E-state index contributed by atoms with van der Waals surface area (Å²) < 4.78 is 13.0. The van der Waals surface area contributed by atoms with Crippen molar-refractivity contribution >= 4 is 11.6 Å². The Hall–Kier alpha value is -2.79. The molecule has 3 rings (SSSR count). The highest BCUT2D eigenvalue weighted by atomic mass is 35.5. The van der Waals surface area contributed by atoms with E-state index in [1.807, 2.05) is 37.3 Å². The maximum atomic E-state index is 12.5. The molecule has 0 N–H and O–H groups in total. The highest BCUT2D eigenvalue weighted by Gasteiger charge is 2.13. The van der Waals surface area contributed by atoms with Crippen LogP contribution in [-0.2, 0) is 6.61 Å². The Morgan fingerprint density at radius 2 is 1.76 bits per heavy atom. The summed E-state index contributed by atoms with van der Waals surface area (Å²) in [5.74, 6) is 1.09. The van der Waals surface area contributed by atoms with E-state index < -0.39 is 5.69 Å². The fraction of sp³-hybridized carbons (Fsp3) is 0.304. The molecule has 0 spiro atoms. The lowest BCUT2D eigenvalue weighted by atomic mass is 9.98. The average molecular weight is 413 g/mol. The third-order valence-corrected chi connectivity index (χ3v) is 4.43. The molecule has 152 valence electrons. The van der Waals surface area contributed by atoms with Crippen LogP contribution >= 0.6 is 11.6 Å². The number of hydrogen-bond acceptors (Lipinski definition) is 4. The number of benzene rings is 2. The van der Waals surface area contributed by atoms with Crippen LogP contribution < -0.4 is 15.2 Å². The monoisotopic (exact) mass is 412 g/mol. The van der Waals surface area contributed by atoms with Crippen LogP contribution in [0.15, 0.2) is 59.5 Å². The van der Waals surface area contributed by atoms with Crippen molar-refractivity contribution in [1.29, 1.82) is 0 Å². The zero-order valence-electron chi connectivity index (χ0n) is 17.1. The molecule has 6 heteroatoms. The number of halogens is 1. The number of aromatic nitrogens is 2. The first-order valence-corrected chi connectivity index (χ1v) is 9.80. The van der Waals surface area contributed by atoms with Crippen LogP contribution in [0.5, 0.6) is 11.6 Å². The van der Waals surface area contributed by atoms with Crippen molar-refractivity contribution in [3.63, 3.8) is 0 Å². The minimum Gasteiger partial charge on any atom is -0.493 e. The highest BCUT2D eigenvalue weighted by molar-refractivity contribution is 6.30. The van der Waals surface area contributed by atoms with E-state index in [1.165, 1.54) is 4.57 Å². The van der Waals surface area contributed by atoms with Crippen LogP contribution in [-0.4, -0.2) is 16.2 Å². The molecule has 0 radical (unpaired) electrons. The minimum atomic E-state index is -0.402. The summed E-state index contributed by atoms with van der Waals surface area (Å²) >= 11 is 5.88. The zero-order valence-corrected chi connectivity index (χ0v) is 17.9. The molecule has 29 heavy (non-hydrogen) atoms. The normalized spacial score (nSPS) is 11.3. The van der Waals surface area contributed by atoms with Gasteiger partial charge in [0.1, 0.15) is 12.4 Å². The number of nitrogens with zero attached hydrogens (tertiary/aromatic N) is 2. The van der Waals surface area contributed by atoms with Crippen LogP contribution in [0.4, 0.5) is 0 Å². The highest BCUT2D eigenvalue weighted by Crippen LogP contribution is 2.23. The molecule has 5 nitrogen and oxygen atoms in total. The Bertz CT molecular complexity index is 1040. The average Bonchev–Trinajstić information content (AvgIpc) is 2.66. The first-order chi connectivity index (χ1) is 13.7. The molecule has 3 aromatic rings. The maximum absolute atomic E-state index is 12.5. The van der Waals surface area contributed by atoms with Crippen LogP contribution in [0.25, 0.3) is 5.69 Å². The second-order valence-corrected chi connectivity index (χ2v) is 8.57. The van der Waals surface area contributed by atoms with E-state index in [9.17, 15) is 4.79 Å². The zero-order chi connectivity index (χ0) is 21.0. The third kappa shape index (κ3) is 5.84. The van der Waals surface area contributed by atoms with E-state index in [0.717, 1.165) is 22.6 Å².